The first kappa shape index (κ1) is 25.6. The third-order valence-corrected chi connectivity index (χ3v) is 7.71. The van der Waals surface area contributed by atoms with Crippen molar-refractivity contribution in [2.24, 2.45) is 0 Å². The van der Waals surface area contributed by atoms with Gasteiger partial charge in [0.2, 0.25) is 0 Å². The highest BCUT2D eigenvalue weighted by atomic mass is 127. The molecular weight excluding hydrogens is 571 g/mol. The van der Waals surface area contributed by atoms with Crippen LogP contribution in [0.2, 0.25) is 0 Å². The van der Waals surface area contributed by atoms with Gasteiger partial charge in [0, 0.05) is 20.6 Å². The third-order valence-electron chi connectivity index (χ3n) is 6.08. The maximum Gasteiger partial charge on any atom is 0.293 e. The Morgan fingerprint density at radius 1 is 1.03 bits per heavy atom. The quantitative estimate of drug-likeness (QED) is 0.212. The molecule has 0 bridgehead atoms. The Morgan fingerprint density at radius 2 is 1.74 bits per heavy atom. The molecule has 1 aliphatic heterocycles. The minimum absolute atomic E-state index is 0.217. The third kappa shape index (κ3) is 5.51. The van der Waals surface area contributed by atoms with E-state index in [9.17, 15) is 9.59 Å². The Morgan fingerprint density at radius 3 is 2.43 bits per heavy atom. The van der Waals surface area contributed by atoms with E-state index in [2.05, 4.69) is 83.5 Å². The smallest absolute Gasteiger partial charge is 0.293 e. The van der Waals surface area contributed by atoms with Gasteiger partial charge in [-0.1, -0.05) is 26.0 Å². The molecule has 1 fully saturated rings. The SMILES string of the molecule is Cc1ccc(C(C)C)c(OCCN2C(=O)S/C(=C\c3cc(C)n(-c4ccc(I)cc4)c3C)C2=O)c1. The largest absolute Gasteiger partial charge is 0.491 e. The number of rotatable bonds is 7. The lowest BCUT2D eigenvalue weighted by molar-refractivity contribution is -0.123. The van der Waals surface area contributed by atoms with E-state index < -0.39 is 0 Å². The Hall–Kier alpha value is -2.52. The summed E-state index contributed by atoms with van der Waals surface area (Å²) in [5.41, 5.74) is 6.34. The topological polar surface area (TPSA) is 51.5 Å². The van der Waals surface area contributed by atoms with Gasteiger partial charge in [0.15, 0.2) is 0 Å². The molecule has 0 spiro atoms. The van der Waals surface area contributed by atoms with Gasteiger partial charge in [-0.15, -0.1) is 0 Å². The molecule has 1 aliphatic rings. The number of ether oxygens (including phenoxy) is 1. The molecule has 3 aromatic rings. The number of thioether (sulfide) groups is 1. The highest BCUT2D eigenvalue weighted by molar-refractivity contribution is 14.1. The van der Waals surface area contributed by atoms with Crippen molar-refractivity contribution < 1.29 is 14.3 Å². The number of carbonyl (C=O) groups is 2. The van der Waals surface area contributed by atoms with Crippen LogP contribution in [-0.2, 0) is 4.79 Å². The first-order chi connectivity index (χ1) is 16.7. The van der Waals surface area contributed by atoms with Crippen molar-refractivity contribution in [3.05, 3.63) is 85.1 Å². The van der Waals surface area contributed by atoms with Crippen LogP contribution >= 0.6 is 34.4 Å². The Balaban J connectivity index is 1.49. The second-order valence-electron chi connectivity index (χ2n) is 9.02. The van der Waals surface area contributed by atoms with Crippen molar-refractivity contribution in [1.29, 1.82) is 0 Å². The number of carbonyl (C=O) groups excluding carboxylic acids is 2. The van der Waals surface area contributed by atoms with Crippen LogP contribution in [-0.4, -0.2) is 33.8 Å². The Kier molecular flexibility index (Phi) is 7.76. The lowest BCUT2D eigenvalue weighted by Crippen LogP contribution is -2.32. The fourth-order valence-electron chi connectivity index (χ4n) is 4.25. The lowest BCUT2D eigenvalue weighted by Gasteiger charge is -2.17. The highest BCUT2D eigenvalue weighted by Crippen LogP contribution is 2.34. The van der Waals surface area contributed by atoms with E-state index in [0.717, 1.165) is 51.3 Å². The van der Waals surface area contributed by atoms with Crippen LogP contribution in [0.15, 0.2) is 53.4 Å². The zero-order valence-corrected chi connectivity index (χ0v) is 23.6. The number of aromatic nitrogens is 1. The number of nitrogens with zero attached hydrogens (tertiary/aromatic N) is 2. The Labute approximate surface area is 224 Å². The normalized spacial score (nSPS) is 15.1. The van der Waals surface area contributed by atoms with E-state index in [0.29, 0.717) is 10.8 Å². The molecule has 0 atom stereocenters. The van der Waals surface area contributed by atoms with Crippen molar-refractivity contribution in [2.45, 2.75) is 40.5 Å². The molecule has 2 heterocycles. The van der Waals surface area contributed by atoms with Gasteiger partial charge in [0.1, 0.15) is 12.4 Å². The van der Waals surface area contributed by atoms with Crippen molar-refractivity contribution in [3.8, 4) is 11.4 Å². The summed E-state index contributed by atoms with van der Waals surface area (Å²) in [4.78, 5) is 27.4. The van der Waals surface area contributed by atoms with Gasteiger partial charge in [-0.25, -0.2) is 0 Å². The van der Waals surface area contributed by atoms with Crippen molar-refractivity contribution >= 4 is 51.6 Å². The van der Waals surface area contributed by atoms with E-state index >= 15 is 0 Å². The predicted octanol–water partition coefficient (Wildman–Crippen LogP) is 7.25. The summed E-state index contributed by atoms with van der Waals surface area (Å²) in [5.74, 6) is 0.866. The number of benzene rings is 2. The molecule has 5 nitrogen and oxygen atoms in total. The highest BCUT2D eigenvalue weighted by Gasteiger charge is 2.35. The van der Waals surface area contributed by atoms with E-state index in [1.165, 1.54) is 8.47 Å². The van der Waals surface area contributed by atoms with Crippen LogP contribution in [0, 0.1) is 24.3 Å². The van der Waals surface area contributed by atoms with Gasteiger partial charge in [0.05, 0.1) is 11.4 Å². The second kappa shape index (κ2) is 10.6. The van der Waals surface area contributed by atoms with Crippen molar-refractivity contribution in [2.75, 3.05) is 13.2 Å². The molecule has 0 saturated carbocycles. The van der Waals surface area contributed by atoms with Crippen LogP contribution in [0.1, 0.15) is 47.8 Å². The maximum atomic E-state index is 13.1. The number of halogens is 1. The number of hydrogen-bond acceptors (Lipinski definition) is 4. The van der Waals surface area contributed by atoms with Crippen LogP contribution in [0.25, 0.3) is 11.8 Å². The average Bonchev–Trinajstić information content (AvgIpc) is 3.23. The summed E-state index contributed by atoms with van der Waals surface area (Å²) in [5, 5.41) is -0.260. The minimum Gasteiger partial charge on any atom is -0.491 e. The first-order valence-electron chi connectivity index (χ1n) is 11.6. The molecule has 0 aliphatic carbocycles. The van der Waals surface area contributed by atoms with E-state index in [-0.39, 0.29) is 24.3 Å². The summed E-state index contributed by atoms with van der Waals surface area (Å²) in [7, 11) is 0. The summed E-state index contributed by atoms with van der Waals surface area (Å²) >= 11 is 3.28. The monoisotopic (exact) mass is 600 g/mol. The van der Waals surface area contributed by atoms with Crippen LogP contribution < -0.4 is 4.74 Å². The minimum atomic E-state index is -0.268. The molecule has 0 radical (unpaired) electrons. The molecule has 182 valence electrons. The summed E-state index contributed by atoms with van der Waals surface area (Å²) < 4.78 is 9.34. The van der Waals surface area contributed by atoms with Gasteiger partial charge in [-0.2, -0.15) is 0 Å². The standard InChI is InChI=1S/C28H29IN2O3S/c1-17(2)24-11-6-18(3)14-25(24)34-13-12-30-27(32)26(35-28(30)33)16-21-15-19(4)31(20(21)5)23-9-7-22(29)8-10-23/h6-11,14-17H,12-13H2,1-5H3/b26-16-. The molecule has 2 amide bonds. The van der Waals surface area contributed by atoms with Gasteiger partial charge >= 0.3 is 0 Å². The van der Waals surface area contributed by atoms with Gasteiger partial charge in [-0.3, -0.25) is 14.5 Å². The first-order valence-corrected chi connectivity index (χ1v) is 13.5. The number of aryl methyl sites for hydroxylation is 2. The number of hydrogen-bond donors (Lipinski definition) is 0. The zero-order chi connectivity index (χ0) is 25.3. The molecule has 7 heteroatoms. The molecule has 2 aromatic carbocycles. The Bertz CT molecular complexity index is 1310. The fourth-order valence-corrected chi connectivity index (χ4v) is 5.46. The number of amides is 2. The molecule has 35 heavy (non-hydrogen) atoms. The van der Waals surface area contributed by atoms with Crippen LogP contribution in [0.5, 0.6) is 5.75 Å². The molecule has 0 N–H and O–H groups in total. The van der Waals surface area contributed by atoms with E-state index in [4.69, 9.17) is 4.74 Å². The number of imide groups is 1. The van der Waals surface area contributed by atoms with Gasteiger partial charge < -0.3 is 9.30 Å². The van der Waals surface area contributed by atoms with E-state index in [1.807, 2.05) is 32.9 Å². The van der Waals surface area contributed by atoms with Crippen LogP contribution in [0.4, 0.5) is 4.79 Å². The second-order valence-corrected chi connectivity index (χ2v) is 11.3. The molecular formula is C28H29IN2O3S. The van der Waals surface area contributed by atoms with Gasteiger partial charge in [0.25, 0.3) is 11.1 Å². The summed E-state index contributed by atoms with van der Waals surface area (Å²) in [6.07, 6.45) is 1.83. The summed E-state index contributed by atoms with van der Waals surface area (Å²) in [6, 6.07) is 16.5. The zero-order valence-electron chi connectivity index (χ0n) is 20.6. The molecule has 1 aromatic heterocycles. The van der Waals surface area contributed by atoms with Gasteiger partial charge in [-0.05, 0) is 120 Å². The van der Waals surface area contributed by atoms with Crippen molar-refractivity contribution in [3.63, 3.8) is 0 Å². The average molecular weight is 601 g/mol. The lowest BCUT2D eigenvalue weighted by atomic mass is 10.0. The molecule has 1 saturated heterocycles. The van der Waals surface area contributed by atoms with Crippen molar-refractivity contribution in [1.82, 2.24) is 9.47 Å². The molecule has 4 rings (SSSR count). The molecule has 0 unspecified atom stereocenters. The predicted molar refractivity (Wildman–Crippen MR) is 151 cm³/mol. The summed E-state index contributed by atoms with van der Waals surface area (Å²) in [6.45, 7) is 10.8. The fraction of sp³-hybridized carbons (Fsp3) is 0.286. The van der Waals surface area contributed by atoms with Crippen LogP contribution in [0.3, 0.4) is 0 Å². The van der Waals surface area contributed by atoms with E-state index in [1.54, 1.807) is 0 Å². The maximum absolute atomic E-state index is 13.1.